The van der Waals surface area contributed by atoms with Crippen LogP contribution in [-0.4, -0.2) is 59.5 Å². The van der Waals surface area contributed by atoms with E-state index in [9.17, 15) is 15.0 Å². The second-order valence-electron chi connectivity index (χ2n) is 15.5. The van der Waals surface area contributed by atoms with Crippen molar-refractivity contribution in [3.8, 4) is 0 Å². The Morgan fingerprint density at radius 3 is 2.73 bits per heavy atom. The summed E-state index contributed by atoms with van der Waals surface area (Å²) in [6.45, 7) is 7.19. The molecular weight excluding hydrogens is 602 g/mol. The molecule has 2 saturated heterocycles. The van der Waals surface area contributed by atoms with E-state index in [2.05, 4.69) is 68.2 Å². The lowest BCUT2D eigenvalue weighted by molar-refractivity contribution is -0.133. The van der Waals surface area contributed by atoms with E-state index in [1.165, 1.54) is 37.5 Å². The van der Waals surface area contributed by atoms with Crippen molar-refractivity contribution < 1.29 is 29.2 Å². The van der Waals surface area contributed by atoms with Crippen LogP contribution in [0.1, 0.15) is 95.6 Å². The Morgan fingerprint density at radius 1 is 1.10 bits per heavy atom. The van der Waals surface area contributed by atoms with E-state index in [1.54, 1.807) is 0 Å². The lowest BCUT2D eigenvalue weighted by atomic mass is 9.67. The fourth-order valence-corrected chi connectivity index (χ4v) is 10.4. The summed E-state index contributed by atoms with van der Waals surface area (Å²) >= 11 is 0. The van der Waals surface area contributed by atoms with Crippen LogP contribution >= 0.6 is 0 Å². The summed E-state index contributed by atoms with van der Waals surface area (Å²) in [4.78, 5) is 15.3. The fraction of sp³-hybridized carbons (Fsp3) is 0.634. The molecule has 48 heavy (non-hydrogen) atoms. The zero-order valence-corrected chi connectivity index (χ0v) is 29.3. The molecule has 4 aliphatic heterocycles. The average Bonchev–Trinajstić information content (AvgIpc) is 3.71. The largest absolute Gasteiger partial charge is 0.492 e. The third-order valence-electron chi connectivity index (χ3n) is 12.6. The summed E-state index contributed by atoms with van der Waals surface area (Å²) in [6.07, 6.45) is 17.6. The summed E-state index contributed by atoms with van der Waals surface area (Å²) in [5.74, 6) is 3.61. The van der Waals surface area contributed by atoms with Crippen LogP contribution in [0.4, 0.5) is 0 Å². The van der Waals surface area contributed by atoms with Crippen LogP contribution in [0.2, 0.25) is 0 Å². The molecule has 0 radical (unpaired) electrons. The van der Waals surface area contributed by atoms with Crippen molar-refractivity contribution >= 4 is 5.97 Å². The molecule has 7 heteroatoms. The van der Waals surface area contributed by atoms with Crippen molar-refractivity contribution in [3.05, 3.63) is 82.2 Å². The lowest BCUT2D eigenvalue weighted by Gasteiger charge is -2.53. The number of ether oxygens (including phenoxy) is 3. The number of hydrogen-bond acceptors (Lipinski definition) is 7. The number of nitrogens with zero attached hydrogens (tertiary/aromatic N) is 1. The molecule has 10 unspecified atom stereocenters. The number of unbranched alkanes of at least 4 members (excludes halogenated alkanes) is 2. The van der Waals surface area contributed by atoms with Crippen LogP contribution in [0.25, 0.3) is 0 Å². The Bertz CT molecular complexity index is 1490. The van der Waals surface area contributed by atoms with Gasteiger partial charge in [-0.05, 0) is 92.2 Å². The van der Waals surface area contributed by atoms with Crippen molar-refractivity contribution in [1.29, 1.82) is 0 Å². The normalized spacial score (nSPS) is 36.9. The van der Waals surface area contributed by atoms with Gasteiger partial charge in [-0.2, -0.15) is 0 Å². The highest BCUT2D eigenvalue weighted by Crippen LogP contribution is 2.57. The maximum atomic E-state index is 12.7. The van der Waals surface area contributed by atoms with E-state index in [4.69, 9.17) is 14.2 Å². The second kappa shape index (κ2) is 14.2. The second-order valence-corrected chi connectivity index (χ2v) is 15.5. The molecule has 1 aromatic rings. The fourth-order valence-electron chi connectivity index (χ4n) is 10.4. The van der Waals surface area contributed by atoms with Crippen LogP contribution in [0.5, 0.6) is 0 Å². The van der Waals surface area contributed by atoms with E-state index in [-0.39, 0.29) is 41.2 Å². The molecule has 3 fully saturated rings. The quantitative estimate of drug-likeness (QED) is 0.165. The van der Waals surface area contributed by atoms with Gasteiger partial charge in [-0.1, -0.05) is 70.0 Å². The topological polar surface area (TPSA) is 88.5 Å². The minimum atomic E-state index is -0.584. The van der Waals surface area contributed by atoms with Crippen molar-refractivity contribution in [2.75, 3.05) is 20.3 Å². The van der Waals surface area contributed by atoms with Crippen LogP contribution in [-0.2, 0) is 25.4 Å². The monoisotopic (exact) mass is 657 g/mol. The number of carbonyl (C=O) groups excluding carboxylic acids is 1. The van der Waals surface area contributed by atoms with Crippen molar-refractivity contribution in [1.82, 2.24) is 4.90 Å². The molecule has 260 valence electrons. The number of carbonyl (C=O) groups is 1. The number of esters is 1. The molecule has 4 heterocycles. The first-order chi connectivity index (χ1) is 23.3. The molecule has 1 aromatic carbocycles. The average molecular weight is 658 g/mol. The summed E-state index contributed by atoms with van der Waals surface area (Å²) in [5.41, 5.74) is 3.04. The number of cyclic esters (lactones) is 1. The van der Waals surface area contributed by atoms with Crippen LogP contribution < -0.4 is 0 Å². The van der Waals surface area contributed by atoms with Gasteiger partial charge in [0.2, 0.25) is 5.76 Å². The number of hydrogen-bond donors (Lipinski definition) is 2. The highest BCUT2D eigenvalue weighted by molar-refractivity contribution is 5.94. The van der Waals surface area contributed by atoms with Crippen molar-refractivity contribution in [2.45, 2.75) is 109 Å². The minimum Gasteiger partial charge on any atom is -0.492 e. The molecule has 2 N–H and O–H groups in total. The number of aryl methyl sites for hydroxylation is 1. The van der Waals surface area contributed by atoms with Gasteiger partial charge in [-0.3, -0.25) is 4.90 Å². The molecular formula is C41H55NO6. The predicted molar refractivity (Wildman–Crippen MR) is 185 cm³/mol. The third kappa shape index (κ3) is 5.98. The summed E-state index contributed by atoms with van der Waals surface area (Å²) in [6, 6.07) is 9.65. The Balaban J connectivity index is 1.26. The highest BCUT2D eigenvalue weighted by Gasteiger charge is 2.57. The maximum absolute atomic E-state index is 12.7. The molecule has 0 amide bonds. The molecule has 1 saturated carbocycles. The molecule has 7 nitrogen and oxygen atoms in total. The van der Waals surface area contributed by atoms with Gasteiger partial charge in [0, 0.05) is 36.4 Å². The number of piperidine rings is 1. The molecule has 7 rings (SSSR count). The Labute approximate surface area is 286 Å². The van der Waals surface area contributed by atoms with Crippen LogP contribution in [0, 0.1) is 35.5 Å². The van der Waals surface area contributed by atoms with Gasteiger partial charge in [-0.25, -0.2) is 4.79 Å². The van der Waals surface area contributed by atoms with Gasteiger partial charge in [0.25, 0.3) is 0 Å². The number of fused-ring (bicyclic) bond motifs is 4. The van der Waals surface area contributed by atoms with E-state index < -0.39 is 18.7 Å². The number of benzene rings is 1. The number of rotatable bonds is 9. The molecule has 0 bridgehead atoms. The highest BCUT2D eigenvalue weighted by atomic mass is 16.6. The summed E-state index contributed by atoms with van der Waals surface area (Å²) in [7, 11) is 1.50. The standard InChI is InChI=1S/C41H55NO6/c1-5-6-7-12-26-13-9-14-27(21-26)29-17-18-30-31(29)22-33-35-25(3)38(40-39(46-4)32(23-43)41(45)48-40)47-34(35)16-10-19-42(33)36(30)37(44)28-15-8-11-24(2)20-28/h8-9,13-16,21,24-25,28-31,33,35-37,43-44H,5-7,10-12,17-20,22-23H2,1-4H3. The smallest absolute Gasteiger partial charge is 0.345 e. The summed E-state index contributed by atoms with van der Waals surface area (Å²) < 4.78 is 17.9. The van der Waals surface area contributed by atoms with Crippen molar-refractivity contribution in [3.63, 3.8) is 0 Å². The van der Waals surface area contributed by atoms with Gasteiger partial charge in [0.15, 0.2) is 11.5 Å². The minimum absolute atomic E-state index is 0.0584. The van der Waals surface area contributed by atoms with E-state index in [1.807, 2.05) is 0 Å². The lowest BCUT2D eigenvalue weighted by Crippen LogP contribution is -2.61. The number of allylic oxidation sites excluding steroid dienone is 2. The Hall–Kier alpha value is -2.87. The van der Waals surface area contributed by atoms with Gasteiger partial charge < -0.3 is 24.4 Å². The van der Waals surface area contributed by atoms with E-state index >= 15 is 0 Å². The van der Waals surface area contributed by atoms with Crippen molar-refractivity contribution in [2.24, 2.45) is 35.5 Å². The molecule has 0 aromatic heterocycles. The zero-order chi connectivity index (χ0) is 33.5. The molecule has 10 atom stereocenters. The first-order valence-electron chi connectivity index (χ1n) is 18.8. The van der Waals surface area contributed by atoms with Crippen LogP contribution in [0.15, 0.2) is 71.1 Å². The van der Waals surface area contributed by atoms with Crippen LogP contribution in [0.3, 0.4) is 0 Å². The first kappa shape index (κ1) is 33.6. The van der Waals surface area contributed by atoms with E-state index in [0.717, 1.165) is 57.2 Å². The number of aliphatic hydroxyl groups is 2. The zero-order valence-electron chi connectivity index (χ0n) is 29.3. The SMILES string of the molecule is CCCCCc1cccc(C2CCC3C2CC2C4C(=CCCN2C3C(O)C2C=CCC(C)C2)OC(=C2OC(=O)C(CO)=C2OC)C4C)c1. The number of aliphatic hydroxyl groups excluding tert-OH is 2. The Morgan fingerprint density at radius 2 is 1.96 bits per heavy atom. The van der Waals surface area contributed by atoms with Gasteiger partial charge in [-0.15, -0.1) is 0 Å². The van der Waals surface area contributed by atoms with Gasteiger partial charge >= 0.3 is 5.97 Å². The Kier molecular flexibility index (Phi) is 9.92. The first-order valence-corrected chi connectivity index (χ1v) is 18.8. The maximum Gasteiger partial charge on any atom is 0.345 e. The third-order valence-corrected chi connectivity index (χ3v) is 12.6. The molecule has 0 spiro atoms. The van der Waals surface area contributed by atoms with Gasteiger partial charge in [0.1, 0.15) is 11.3 Å². The summed E-state index contributed by atoms with van der Waals surface area (Å²) in [5, 5.41) is 22.3. The number of methoxy groups -OCH3 is 1. The molecule has 2 aliphatic carbocycles. The van der Waals surface area contributed by atoms with E-state index in [0.29, 0.717) is 35.2 Å². The molecule has 6 aliphatic rings. The predicted octanol–water partition coefficient (Wildman–Crippen LogP) is 7.17. The van der Waals surface area contributed by atoms with Gasteiger partial charge in [0.05, 0.1) is 19.8 Å².